The lowest BCUT2D eigenvalue weighted by molar-refractivity contribution is 0.438. The average Bonchev–Trinajstić information content (AvgIpc) is 2.21. The Morgan fingerprint density at radius 1 is 1.40 bits per heavy atom. The summed E-state index contributed by atoms with van der Waals surface area (Å²) in [5, 5.41) is 3.17. The first-order valence-electron chi connectivity index (χ1n) is 4.77. The maximum absolute atomic E-state index is 12.5. The molecular weight excluding hydrogens is 337 g/mol. The molecule has 110 valence electrons. The summed E-state index contributed by atoms with van der Waals surface area (Å²) in [6.45, 7) is 1.30. The summed E-state index contributed by atoms with van der Waals surface area (Å²) in [7, 11) is -4.17. The largest absolute Gasteiger partial charge is 0.488 e. The van der Waals surface area contributed by atoms with Gasteiger partial charge in [-0.05, 0) is 35.7 Å². The number of rotatable bonds is 5. The van der Waals surface area contributed by atoms with Crippen LogP contribution in [-0.2, 0) is 25.3 Å². The number of azide groups is 1. The minimum Gasteiger partial charge on any atom is -0.358 e. The minimum atomic E-state index is -5.31. The van der Waals surface area contributed by atoms with Crippen LogP contribution >= 0.6 is 10.7 Å². The molecule has 0 unspecified atom stereocenters. The predicted octanol–water partition coefficient (Wildman–Crippen LogP) is 2.60. The first-order valence-corrected chi connectivity index (χ1v) is 8.55. The third-order valence-electron chi connectivity index (χ3n) is 2.13. The zero-order valence-electron chi connectivity index (χ0n) is 9.82. The first kappa shape index (κ1) is 16.5. The summed E-state index contributed by atoms with van der Waals surface area (Å²) < 4.78 is 59.7. The molecule has 0 aliphatic heterocycles. The van der Waals surface area contributed by atoms with Gasteiger partial charge in [-0.2, -0.15) is 8.42 Å². The molecule has 0 spiro atoms. The molecule has 0 N–H and O–H groups in total. The minimum absolute atomic E-state index is 0.0172. The van der Waals surface area contributed by atoms with Crippen LogP contribution in [0.25, 0.3) is 10.4 Å². The van der Waals surface area contributed by atoms with Crippen LogP contribution in [0, 0.1) is 6.92 Å². The molecule has 0 aromatic heterocycles. The number of halogens is 2. The van der Waals surface area contributed by atoms with Crippen molar-refractivity contribution in [2.75, 3.05) is 0 Å². The van der Waals surface area contributed by atoms with E-state index in [9.17, 15) is 20.7 Å². The number of nitrogens with zero attached hydrogens (tertiary/aromatic N) is 3. The normalized spacial score (nSPS) is 11.8. The van der Waals surface area contributed by atoms with Crippen molar-refractivity contribution in [1.82, 2.24) is 0 Å². The van der Waals surface area contributed by atoms with Gasteiger partial charge in [0.2, 0.25) is 9.05 Å². The second-order valence-corrected chi connectivity index (χ2v) is 7.31. The molecule has 0 amide bonds. The molecule has 0 heterocycles. The molecule has 0 saturated carbocycles. The zero-order chi connectivity index (χ0) is 15.6. The highest BCUT2D eigenvalue weighted by molar-refractivity contribution is 8.13. The van der Waals surface area contributed by atoms with Crippen LogP contribution in [-0.4, -0.2) is 16.8 Å². The maximum atomic E-state index is 12.5. The van der Waals surface area contributed by atoms with E-state index in [0.717, 1.165) is 6.07 Å². The lowest BCUT2D eigenvalue weighted by Crippen LogP contribution is -2.05. The lowest BCUT2D eigenvalue weighted by atomic mass is 10.1. The third-order valence-corrected chi connectivity index (χ3v) is 3.49. The fourth-order valence-electron chi connectivity index (χ4n) is 1.37. The van der Waals surface area contributed by atoms with E-state index >= 15 is 0 Å². The van der Waals surface area contributed by atoms with Crippen LogP contribution in [0.5, 0.6) is 5.75 Å². The maximum Gasteiger partial charge on any atom is 0.488 e. The van der Waals surface area contributed by atoms with Gasteiger partial charge >= 0.3 is 10.5 Å². The van der Waals surface area contributed by atoms with Crippen molar-refractivity contribution in [2.45, 2.75) is 12.7 Å². The molecule has 0 radical (unpaired) electrons. The molecule has 12 heteroatoms. The van der Waals surface area contributed by atoms with Crippen LogP contribution < -0.4 is 4.18 Å². The van der Waals surface area contributed by atoms with E-state index < -0.39 is 31.1 Å². The van der Waals surface area contributed by atoms with Crippen LogP contribution in [0.2, 0.25) is 0 Å². The van der Waals surface area contributed by atoms with E-state index in [-0.39, 0.29) is 16.8 Å². The fourth-order valence-corrected chi connectivity index (χ4v) is 2.78. The number of hydrogen-bond donors (Lipinski definition) is 0. The lowest BCUT2D eigenvalue weighted by Gasteiger charge is -2.10. The molecule has 0 atom stereocenters. The Balaban J connectivity index is 3.47. The molecular formula is C8H7ClFN3O5S2. The van der Waals surface area contributed by atoms with Crippen LogP contribution in [0.4, 0.5) is 9.57 Å². The van der Waals surface area contributed by atoms with Crippen molar-refractivity contribution in [2.24, 2.45) is 5.11 Å². The monoisotopic (exact) mass is 343 g/mol. The zero-order valence-corrected chi connectivity index (χ0v) is 12.2. The highest BCUT2D eigenvalue weighted by atomic mass is 35.7. The van der Waals surface area contributed by atoms with E-state index in [2.05, 4.69) is 14.2 Å². The summed E-state index contributed by atoms with van der Waals surface area (Å²) in [6.07, 6.45) is 0. The molecule has 1 aromatic carbocycles. The molecule has 0 fully saturated rings. The Morgan fingerprint density at radius 3 is 2.45 bits per heavy atom. The summed E-state index contributed by atoms with van der Waals surface area (Å²) >= 11 is 0. The van der Waals surface area contributed by atoms with Crippen LogP contribution in [0.3, 0.4) is 0 Å². The highest BCUT2D eigenvalue weighted by Crippen LogP contribution is 2.31. The summed E-state index contributed by atoms with van der Waals surface area (Å²) in [5.41, 5.74) is 8.22. The summed E-state index contributed by atoms with van der Waals surface area (Å²) in [4.78, 5) is 2.45. The van der Waals surface area contributed by atoms with Gasteiger partial charge in [0, 0.05) is 21.3 Å². The van der Waals surface area contributed by atoms with Gasteiger partial charge in [0.15, 0.2) is 0 Å². The van der Waals surface area contributed by atoms with Crippen molar-refractivity contribution >= 4 is 35.9 Å². The Morgan fingerprint density at radius 2 is 2.00 bits per heavy atom. The summed E-state index contributed by atoms with van der Waals surface area (Å²) in [5.74, 6) is -1.16. The van der Waals surface area contributed by atoms with Crippen molar-refractivity contribution < 1.29 is 24.9 Å². The fraction of sp³-hybridized carbons (Fsp3) is 0.250. The second-order valence-electron chi connectivity index (χ2n) is 3.58. The first-order chi connectivity index (χ1) is 9.02. The number of hydrogen-bond acceptors (Lipinski definition) is 6. The molecule has 1 aromatic rings. The summed E-state index contributed by atoms with van der Waals surface area (Å²) in [6, 6.07) is 2.13. The highest BCUT2D eigenvalue weighted by Gasteiger charge is 2.18. The van der Waals surface area contributed by atoms with Crippen LogP contribution in [0.1, 0.15) is 11.1 Å². The van der Waals surface area contributed by atoms with E-state index in [1.54, 1.807) is 0 Å². The Bertz CT molecular complexity index is 731. The van der Waals surface area contributed by atoms with E-state index in [1.807, 2.05) is 0 Å². The predicted molar refractivity (Wildman–Crippen MR) is 69.1 cm³/mol. The molecule has 0 saturated heterocycles. The van der Waals surface area contributed by atoms with Gasteiger partial charge in [0.25, 0.3) is 0 Å². The van der Waals surface area contributed by atoms with Gasteiger partial charge in [-0.3, -0.25) is 0 Å². The van der Waals surface area contributed by atoms with E-state index in [1.165, 1.54) is 13.0 Å². The van der Waals surface area contributed by atoms with Crippen LogP contribution in [0.15, 0.2) is 17.2 Å². The molecule has 20 heavy (non-hydrogen) atoms. The standard InChI is InChI=1S/C8H7ClFN3O5S2/c1-5-6(4-19(9,14)15)2-7(12-13-11)3-8(5)18-20(10,16)17/h2-3H,4H2,1H3. The van der Waals surface area contributed by atoms with Gasteiger partial charge in [-0.1, -0.05) is 9.00 Å². The molecule has 8 nitrogen and oxygen atoms in total. The smallest absolute Gasteiger partial charge is 0.358 e. The van der Waals surface area contributed by atoms with Gasteiger partial charge in [-0.25, -0.2) is 8.42 Å². The van der Waals surface area contributed by atoms with Gasteiger partial charge in [-0.15, -0.1) is 0 Å². The van der Waals surface area contributed by atoms with Crippen molar-refractivity contribution in [3.05, 3.63) is 33.7 Å². The van der Waals surface area contributed by atoms with Gasteiger partial charge in [0.05, 0.1) is 5.75 Å². The quantitative estimate of drug-likeness (QED) is 0.351. The topological polar surface area (TPSA) is 126 Å². The second kappa shape index (κ2) is 5.83. The van der Waals surface area contributed by atoms with Crippen molar-refractivity contribution in [3.8, 4) is 5.75 Å². The van der Waals surface area contributed by atoms with Crippen molar-refractivity contribution in [3.63, 3.8) is 0 Å². The number of benzene rings is 1. The van der Waals surface area contributed by atoms with Crippen molar-refractivity contribution in [1.29, 1.82) is 0 Å². The SMILES string of the molecule is Cc1c(CS(=O)(=O)Cl)cc(N=[N+]=[N-])cc1OS(=O)(=O)F. The Labute approximate surface area is 118 Å². The molecule has 0 aliphatic rings. The molecule has 0 bridgehead atoms. The Hall–Kier alpha value is -1.55. The van der Waals surface area contributed by atoms with Gasteiger partial charge in [0.1, 0.15) is 5.75 Å². The van der Waals surface area contributed by atoms with E-state index in [0.29, 0.717) is 0 Å². The van der Waals surface area contributed by atoms with Gasteiger partial charge < -0.3 is 4.18 Å². The van der Waals surface area contributed by atoms with E-state index in [4.69, 9.17) is 16.2 Å². The third kappa shape index (κ3) is 5.21. The molecule has 1 rings (SSSR count). The average molecular weight is 344 g/mol. The molecule has 0 aliphatic carbocycles. The Kier molecular flexibility index (Phi) is 4.81.